The maximum Gasteiger partial charge on any atom is 0.209 e. The first-order valence-electron chi connectivity index (χ1n) is 6.09. The van der Waals surface area contributed by atoms with Crippen LogP contribution in [0.2, 0.25) is 5.02 Å². The number of thioether (sulfide) groups is 1. The molecule has 1 aromatic carbocycles. The summed E-state index contributed by atoms with van der Waals surface area (Å²) in [6, 6.07) is 5.60. The number of hydrogen-bond acceptors (Lipinski definition) is 6. The smallest absolute Gasteiger partial charge is 0.209 e. The van der Waals surface area contributed by atoms with Crippen LogP contribution in [0.25, 0.3) is 0 Å². The summed E-state index contributed by atoms with van der Waals surface area (Å²) in [7, 11) is 3.48. The third-order valence-electron chi connectivity index (χ3n) is 2.65. The van der Waals surface area contributed by atoms with Crippen molar-refractivity contribution in [2.45, 2.75) is 11.7 Å². The molecule has 0 spiro atoms. The second kappa shape index (κ2) is 9.09. The molecule has 116 valence electrons. The number of methoxy groups -OCH3 is 1. The third-order valence-corrected chi connectivity index (χ3v) is 3.90. The number of aromatic nitrogens is 4. The van der Waals surface area contributed by atoms with Gasteiger partial charge in [-0.1, -0.05) is 23.4 Å². The molecule has 6 nitrogen and oxygen atoms in total. The highest BCUT2D eigenvalue weighted by Crippen LogP contribution is 2.22. The Balaban J connectivity index is 0.00000220. The molecule has 0 bridgehead atoms. The normalized spacial score (nSPS) is 10.2. The van der Waals surface area contributed by atoms with Gasteiger partial charge >= 0.3 is 0 Å². The van der Waals surface area contributed by atoms with Crippen LogP contribution in [0.4, 0.5) is 0 Å². The van der Waals surface area contributed by atoms with Crippen LogP contribution in [0.3, 0.4) is 0 Å². The molecule has 1 N–H and O–H groups in total. The highest BCUT2D eigenvalue weighted by molar-refractivity contribution is 7.99. The first-order chi connectivity index (χ1) is 9.70. The van der Waals surface area contributed by atoms with Crippen LogP contribution in [0.15, 0.2) is 23.4 Å². The van der Waals surface area contributed by atoms with Crippen LogP contribution in [0.1, 0.15) is 5.56 Å². The molecular weight excluding hydrogens is 333 g/mol. The minimum absolute atomic E-state index is 0. The van der Waals surface area contributed by atoms with Gasteiger partial charge in [0, 0.05) is 36.5 Å². The van der Waals surface area contributed by atoms with Gasteiger partial charge in [-0.25, -0.2) is 4.68 Å². The van der Waals surface area contributed by atoms with Gasteiger partial charge in [0.05, 0.1) is 7.11 Å². The average Bonchev–Trinajstić information content (AvgIpc) is 2.84. The number of ether oxygens (including phenoxy) is 1. The van der Waals surface area contributed by atoms with E-state index in [1.807, 2.05) is 25.2 Å². The predicted octanol–water partition coefficient (Wildman–Crippen LogP) is 2.18. The minimum atomic E-state index is 0. The van der Waals surface area contributed by atoms with E-state index in [1.54, 1.807) is 23.6 Å². The van der Waals surface area contributed by atoms with Crippen LogP contribution < -0.4 is 10.1 Å². The van der Waals surface area contributed by atoms with E-state index in [-0.39, 0.29) is 12.4 Å². The van der Waals surface area contributed by atoms with Crippen LogP contribution in [0.5, 0.6) is 5.75 Å². The Hall–Kier alpha value is -1.02. The van der Waals surface area contributed by atoms with E-state index in [4.69, 9.17) is 16.3 Å². The lowest BCUT2D eigenvalue weighted by Gasteiger charge is -2.09. The topological polar surface area (TPSA) is 64.9 Å². The van der Waals surface area contributed by atoms with Crippen LogP contribution in [0, 0.1) is 0 Å². The van der Waals surface area contributed by atoms with E-state index >= 15 is 0 Å². The van der Waals surface area contributed by atoms with Gasteiger partial charge in [-0.15, -0.1) is 17.5 Å². The fourth-order valence-electron chi connectivity index (χ4n) is 1.67. The number of nitrogens with zero attached hydrogens (tertiary/aromatic N) is 4. The molecule has 0 saturated carbocycles. The summed E-state index contributed by atoms with van der Waals surface area (Å²) in [5.74, 6) is 1.73. The second-order valence-corrected chi connectivity index (χ2v) is 5.56. The molecule has 21 heavy (non-hydrogen) atoms. The number of halogens is 2. The monoisotopic (exact) mass is 349 g/mol. The summed E-state index contributed by atoms with van der Waals surface area (Å²) in [6.07, 6.45) is 0. The van der Waals surface area contributed by atoms with Crippen LogP contribution >= 0.6 is 35.8 Å². The molecule has 0 saturated heterocycles. The summed E-state index contributed by atoms with van der Waals surface area (Å²) in [6.45, 7) is 1.55. The lowest BCUT2D eigenvalue weighted by atomic mass is 10.2. The Morgan fingerprint density at radius 3 is 2.90 bits per heavy atom. The van der Waals surface area contributed by atoms with Crippen molar-refractivity contribution in [3.05, 3.63) is 28.8 Å². The van der Waals surface area contributed by atoms with Gasteiger partial charge in [0.25, 0.3) is 0 Å². The first kappa shape index (κ1) is 18.0. The number of tetrazole rings is 1. The SMILES string of the molecule is COc1ccc(Cl)cc1CNCCSc1nnnn1C.Cl. The molecule has 0 atom stereocenters. The van der Waals surface area contributed by atoms with Gasteiger partial charge in [0.2, 0.25) is 5.16 Å². The standard InChI is InChI=1S/C12H16ClN5OS.ClH/c1-18-12(15-16-17-18)20-6-5-14-8-9-7-10(13)3-4-11(9)19-2;/h3-4,7,14H,5-6,8H2,1-2H3;1H. The van der Waals surface area contributed by atoms with E-state index in [9.17, 15) is 0 Å². The van der Waals surface area contributed by atoms with E-state index < -0.39 is 0 Å². The number of nitrogens with one attached hydrogen (secondary N) is 1. The van der Waals surface area contributed by atoms with Gasteiger partial charge in [0.15, 0.2) is 0 Å². The molecule has 1 heterocycles. The molecule has 2 aromatic rings. The van der Waals surface area contributed by atoms with Crippen molar-refractivity contribution in [2.75, 3.05) is 19.4 Å². The van der Waals surface area contributed by atoms with E-state index in [0.29, 0.717) is 11.6 Å². The van der Waals surface area contributed by atoms with Crippen molar-refractivity contribution in [3.8, 4) is 5.75 Å². The summed E-state index contributed by atoms with van der Waals surface area (Å²) in [5, 5.41) is 16.2. The van der Waals surface area contributed by atoms with Gasteiger partial charge in [0.1, 0.15) is 5.75 Å². The Morgan fingerprint density at radius 2 is 2.24 bits per heavy atom. The summed E-state index contributed by atoms with van der Waals surface area (Å²) < 4.78 is 6.96. The Bertz CT molecular complexity index is 566. The molecule has 0 amide bonds. The molecule has 0 radical (unpaired) electrons. The molecule has 1 aromatic heterocycles. The highest BCUT2D eigenvalue weighted by atomic mass is 35.5. The Morgan fingerprint density at radius 1 is 1.43 bits per heavy atom. The van der Waals surface area contributed by atoms with E-state index in [1.165, 1.54) is 0 Å². The summed E-state index contributed by atoms with van der Waals surface area (Å²) in [4.78, 5) is 0. The van der Waals surface area contributed by atoms with Crippen molar-refractivity contribution in [1.29, 1.82) is 0 Å². The van der Waals surface area contributed by atoms with Crippen molar-refractivity contribution in [3.63, 3.8) is 0 Å². The zero-order valence-electron chi connectivity index (χ0n) is 11.7. The molecule has 0 aliphatic heterocycles. The Kier molecular flexibility index (Phi) is 7.81. The second-order valence-electron chi connectivity index (χ2n) is 4.07. The van der Waals surface area contributed by atoms with Gasteiger partial charge in [-0.05, 0) is 28.6 Å². The molecule has 0 aliphatic carbocycles. The number of hydrogen-bond donors (Lipinski definition) is 1. The largest absolute Gasteiger partial charge is 0.496 e. The molecule has 2 rings (SSSR count). The van der Waals surface area contributed by atoms with Gasteiger partial charge in [-0.2, -0.15) is 0 Å². The fourth-order valence-corrected chi connectivity index (χ4v) is 2.61. The van der Waals surface area contributed by atoms with Crippen LogP contribution in [-0.2, 0) is 13.6 Å². The highest BCUT2D eigenvalue weighted by Gasteiger charge is 2.04. The molecule has 9 heteroatoms. The first-order valence-corrected chi connectivity index (χ1v) is 7.45. The van der Waals surface area contributed by atoms with E-state index in [2.05, 4.69) is 20.8 Å². The van der Waals surface area contributed by atoms with Crippen molar-refractivity contribution >= 4 is 35.8 Å². The summed E-state index contributed by atoms with van der Waals surface area (Å²) in [5.41, 5.74) is 1.05. The number of aryl methyl sites for hydroxylation is 1. The van der Waals surface area contributed by atoms with E-state index in [0.717, 1.165) is 28.8 Å². The van der Waals surface area contributed by atoms with Crippen molar-refractivity contribution in [1.82, 2.24) is 25.5 Å². The number of rotatable bonds is 7. The average molecular weight is 350 g/mol. The molecule has 0 fully saturated rings. The predicted molar refractivity (Wildman–Crippen MR) is 86.5 cm³/mol. The molecular formula is C12H17Cl2N5OS. The van der Waals surface area contributed by atoms with Gasteiger partial charge in [-0.3, -0.25) is 0 Å². The number of benzene rings is 1. The maximum atomic E-state index is 5.99. The van der Waals surface area contributed by atoms with Crippen molar-refractivity contribution in [2.24, 2.45) is 7.05 Å². The molecule has 0 aliphatic rings. The zero-order chi connectivity index (χ0) is 14.4. The molecule has 0 unspecified atom stereocenters. The lowest BCUT2D eigenvalue weighted by molar-refractivity contribution is 0.408. The quantitative estimate of drug-likeness (QED) is 0.610. The third kappa shape index (κ3) is 5.35. The van der Waals surface area contributed by atoms with Gasteiger partial charge < -0.3 is 10.1 Å². The Labute approximate surface area is 139 Å². The maximum absolute atomic E-state index is 5.99. The zero-order valence-corrected chi connectivity index (χ0v) is 14.1. The van der Waals surface area contributed by atoms with Crippen LogP contribution in [-0.4, -0.2) is 39.6 Å². The minimum Gasteiger partial charge on any atom is -0.496 e. The summed E-state index contributed by atoms with van der Waals surface area (Å²) >= 11 is 7.60. The fraction of sp³-hybridized carbons (Fsp3) is 0.417. The lowest BCUT2D eigenvalue weighted by Crippen LogP contribution is -2.17. The van der Waals surface area contributed by atoms with Crippen molar-refractivity contribution < 1.29 is 4.74 Å².